The summed E-state index contributed by atoms with van der Waals surface area (Å²) < 4.78 is 16.3. The third kappa shape index (κ3) is 22.1. The summed E-state index contributed by atoms with van der Waals surface area (Å²) in [6, 6.07) is 31.4. The molecule has 141 heavy (non-hydrogen) atoms. The largest absolute Gasteiger partial charge is 0.367 e. The molecule has 0 spiro atoms. The monoisotopic (exact) mass is 2140 g/mol. The fraction of sp³-hybridized carbons (Fsp3) is 0.396. The normalized spacial score (nSPS) is 18.9. The van der Waals surface area contributed by atoms with Crippen molar-refractivity contribution in [3.05, 3.63) is 248 Å². The molecule has 0 radical (unpaired) electrons. The average Bonchev–Trinajstić information content (AvgIpc) is 1.57. The summed E-state index contributed by atoms with van der Waals surface area (Å²) in [7, 11) is 0. The Bertz CT molecular complexity index is 6710. The van der Waals surface area contributed by atoms with Crippen LogP contribution in [-0.2, 0) is 74.9 Å². The molecule has 5 aromatic carbocycles. The van der Waals surface area contributed by atoms with E-state index in [-0.39, 0.29) is 127 Å². The molecule has 8 saturated heterocycles. The van der Waals surface area contributed by atoms with E-state index in [4.69, 9.17) is 33.3 Å². The Morgan fingerprint density at radius 3 is 1.62 bits per heavy atom. The maximum absolute atomic E-state index is 14.5. The van der Waals surface area contributed by atoms with E-state index in [1.165, 1.54) is 37.1 Å². The van der Waals surface area contributed by atoms with Crippen LogP contribution in [0.1, 0.15) is 136 Å². The lowest BCUT2D eigenvalue weighted by atomic mass is 9.93. The van der Waals surface area contributed by atoms with E-state index in [2.05, 4.69) is 115 Å². The molecule has 5 aromatic heterocycles. The minimum absolute atomic E-state index is 0.0325. The molecule has 10 aliphatic rings. The number of halogens is 5. The smallest absolute Gasteiger partial charge is 0.256 e. The van der Waals surface area contributed by atoms with Crippen LogP contribution in [0.3, 0.4) is 0 Å². The summed E-state index contributed by atoms with van der Waals surface area (Å²) in [5.41, 5.74) is 11.8. The number of aromatic nitrogens is 6. The zero-order valence-electron chi connectivity index (χ0n) is 79.4. The van der Waals surface area contributed by atoms with Crippen molar-refractivity contribution in [1.82, 2.24) is 83.0 Å². The van der Waals surface area contributed by atoms with Gasteiger partial charge in [0, 0.05) is 232 Å². The first kappa shape index (κ1) is 101. The number of nitrogens with zero attached hydrogens (tertiary/aromatic N) is 15. The van der Waals surface area contributed by atoms with Gasteiger partial charge in [0.25, 0.3) is 17.7 Å². The molecule has 20 rings (SSSR count). The van der Waals surface area contributed by atoms with E-state index in [1.807, 2.05) is 145 Å². The fourth-order valence-corrected chi connectivity index (χ4v) is 22.5. The van der Waals surface area contributed by atoms with E-state index < -0.39 is 5.60 Å². The zero-order chi connectivity index (χ0) is 99.7. The molecule has 35 heteroatoms. The second kappa shape index (κ2) is 43.1. The number of aryl methyl sites for hydroxylation is 1. The molecule has 9 amide bonds. The van der Waals surface area contributed by atoms with Crippen LogP contribution in [0.4, 0.5) is 0 Å². The number of rotatable bonds is 26. The molecule has 2 atom stereocenters. The average molecular weight is 2140 g/mol. The van der Waals surface area contributed by atoms with Crippen molar-refractivity contribution < 1.29 is 57.5 Å². The minimum Gasteiger partial charge on any atom is -0.367 e. The molecule has 30 nitrogen and oxygen atoms in total. The van der Waals surface area contributed by atoms with Crippen molar-refractivity contribution in [2.75, 3.05) is 118 Å². The summed E-state index contributed by atoms with van der Waals surface area (Å²) >= 11 is 23.2. The van der Waals surface area contributed by atoms with Gasteiger partial charge in [-0.05, 0) is 184 Å². The number of fused-ring (bicyclic) bond motifs is 5. The summed E-state index contributed by atoms with van der Waals surface area (Å²) in [6.45, 7) is 34.9. The first-order chi connectivity index (χ1) is 67.7. The molecule has 736 valence electrons. The van der Waals surface area contributed by atoms with Gasteiger partial charge in [0.15, 0.2) is 11.6 Å². The second-order valence-corrected chi connectivity index (χ2v) is 42.2. The van der Waals surface area contributed by atoms with Gasteiger partial charge < -0.3 is 72.8 Å². The number of amidine groups is 1. The van der Waals surface area contributed by atoms with Crippen LogP contribution in [0.15, 0.2) is 193 Å². The van der Waals surface area contributed by atoms with Crippen molar-refractivity contribution in [1.29, 1.82) is 5.41 Å². The number of carbonyl (C=O) groups is 11. The first-order valence-electron chi connectivity index (χ1n) is 48.0. The number of amides is 9. The summed E-state index contributed by atoms with van der Waals surface area (Å²) in [6.07, 6.45) is 21.0. The standard InChI is InChI=1S/C33H36ClN3O4.C25H30BrN5O3.C25H25ClN4O2.C23H24Br2N6O3/c1-4-28(39)36-17-22(18-36)15-26(38)19-37-30-21(2)14-25(34)16-27(30)29(31(37)23-10-11-23)32(40)35-12-13-41-33(3,20-35)24-8-6-5-7-9-24;1-2-24(33)31-12-18(13-31)27-23(32)16-30-15-21(20-11-17(26)6-7-22(20)30)25(34)29-10-9-28-8-4-3-5-19(28)14-29;1-3-23(32)29-11-16(12-29)8-19(31)13-30-15(2)24(20-9-18(26)6-7-22(20)30)21-10-27-14-28-25(21)17-4-5-17;1-3-22(33)30-9-16(10-30)27-21(32)13-29-11-18(17-8-15(25)4-5-19(17)29)23(34)28-6-7-31(14(2)24)20(26)12-28/h4-9,14,16,22-23H,1,10-13,15,17-20H2,2-3H3;2,6-7,11,15,18-19H,1,3-5,8-10,12-14,16H2,(H,27,32);3,6-7,9-10,14,16-17H,1,4-5,8,11-13H2,2H3;3-5,8,11,16,26H,1-2,6-7,9-10,12-13H2,(H,27,32). The Balaban J connectivity index is 0.000000130. The Morgan fingerprint density at radius 2 is 1.08 bits per heavy atom. The molecule has 0 bridgehead atoms. The van der Waals surface area contributed by atoms with Crippen LogP contribution < -0.4 is 10.6 Å². The lowest BCUT2D eigenvalue weighted by molar-refractivity contribution is -0.134. The van der Waals surface area contributed by atoms with Crippen LogP contribution in [0, 0.1) is 31.1 Å². The highest BCUT2D eigenvalue weighted by atomic mass is 79.9. The number of carbonyl (C=O) groups excluding carboxylic acids is 11. The zero-order valence-corrected chi connectivity index (χ0v) is 85.6. The van der Waals surface area contributed by atoms with Gasteiger partial charge in [-0.1, -0.05) is 125 Å². The van der Waals surface area contributed by atoms with E-state index in [1.54, 1.807) is 46.5 Å². The Kier molecular flexibility index (Phi) is 30.7. The van der Waals surface area contributed by atoms with Crippen molar-refractivity contribution in [2.24, 2.45) is 11.8 Å². The van der Waals surface area contributed by atoms with Gasteiger partial charge in [-0.25, -0.2) is 9.97 Å². The van der Waals surface area contributed by atoms with Gasteiger partial charge in [-0.15, -0.1) is 0 Å². The number of hydrogen-bond donors (Lipinski definition) is 3. The Hall–Kier alpha value is -12.0. The van der Waals surface area contributed by atoms with E-state index in [0.717, 1.165) is 150 Å². The molecule has 2 unspecified atom stereocenters. The van der Waals surface area contributed by atoms with Crippen molar-refractivity contribution in [3.63, 3.8) is 0 Å². The summed E-state index contributed by atoms with van der Waals surface area (Å²) in [5, 5.41) is 18.8. The van der Waals surface area contributed by atoms with Gasteiger partial charge >= 0.3 is 0 Å². The number of likely N-dealkylation sites (tertiary alicyclic amines) is 4. The molecule has 10 fully saturated rings. The van der Waals surface area contributed by atoms with Gasteiger partial charge in [0.05, 0.1) is 77.4 Å². The maximum atomic E-state index is 14.5. The number of morpholine rings is 1. The summed E-state index contributed by atoms with van der Waals surface area (Å²) in [4.78, 5) is 165. The molecule has 2 aliphatic carbocycles. The first-order valence-corrected chi connectivity index (χ1v) is 51.1. The number of ketones is 2. The van der Waals surface area contributed by atoms with Crippen molar-refractivity contribution >= 4 is 185 Å². The highest BCUT2D eigenvalue weighted by molar-refractivity contribution is 9.11. The van der Waals surface area contributed by atoms with Crippen molar-refractivity contribution in [2.45, 2.75) is 140 Å². The third-order valence-electron chi connectivity index (χ3n) is 28.5. The molecule has 13 heterocycles. The third-order valence-corrected chi connectivity index (χ3v) is 30.4. The predicted octanol–water partition coefficient (Wildman–Crippen LogP) is 14.8. The Morgan fingerprint density at radius 1 is 0.546 bits per heavy atom. The van der Waals surface area contributed by atoms with E-state index in [0.29, 0.717) is 148 Å². The lowest BCUT2D eigenvalue weighted by Crippen LogP contribution is -2.61. The topological polar surface area (TPSA) is 320 Å². The predicted molar refractivity (Wildman–Crippen MR) is 554 cm³/mol. The molecular formula is C106H115Br3Cl2N18O12. The number of nitrogens with one attached hydrogen (secondary N) is 3. The van der Waals surface area contributed by atoms with Crippen LogP contribution >= 0.6 is 71.0 Å². The molecular weight excluding hydrogens is 2030 g/mol. The minimum atomic E-state index is -0.611. The van der Waals surface area contributed by atoms with E-state index >= 15 is 0 Å². The molecule has 3 N–H and O–H groups in total. The number of ether oxygens (including phenoxy) is 1. The van der Waals surface area contributed by atoms with Crippen LogP contribution in [0.2, 0.25) is 10.0 Å². The fourth-order valence-electron chi connectivity index (χ4n) is 20.9. The maximum Gasteiger partial charge on any atom is 0.256 e. The SMILES string of the molecule is C=CC(=O)N1CC(CC(=O)Cn2c(C)c(-c3cncnc3C3CC3)c3cc(Cl)ccc32)C1.C=CC(=O)N1CC(CC(=O)Cn2c(C3CC3)c(C(=O)N3CCOC(C)(c4ccccc4)C3)c3cc(Cl)cc(C)c32)C1.C=CC(=O)N1CC(NC(=O)Cn2cc(C(=O)N3CCN(C(=C)Br)C(=N)C3)c3cc(Br)ccc32)C1.C=CC(=O)N1CC(NC(=O)Cn2cc(C(=O)N3CCN4CCCCC4C3)c3cc(Br)ccc32)C1. The van der Waals surface area contributed by atoms with Crippen LogP contribution in [-0.4, -0.2) is 279 Å². The van der Waals surface area contributed by atoms with Crippen LogP contribution in [0.5, 0.6) is 0 Å². The second-order valence-electron chi connectivity index (χ2n) is 38.6. The van der Waals surface area contributed by atoms with E-state index in [9.17, 15) is 52.7 Å². The van der Waals surface area contributed by atoms with Crippen molar-refractivity contribution in [3.8, 4) is 11.1 Å². The molecule has 8 aliphatic heterocycles. The molecule has 10 aromatic rings. The van der Waals surface area contributed by atoms with Gasteiger partial charge in [-0.2, -0.15) is 0 Å². The van der Waals surface area contributed by atoms with Crippen LogP contribution in [0.25, 0.3) is 54.7 Å². The number of piperazine rings is 2. The number of Topliss-reactive ketones (excluding diaryl/α,β-unsaturated/α-hetero) is 2. The van der Waals surface area contributed by atoms with Gasteiger partial charge in [0.2, 0.25) is 35.4 Å². The summed E-state index contributed by atoms with van der Waals surface area (Å²) in [5.74, 6) is 0.680. The molecule has 2 saturated carbocycles. The number of hydrogen-bond acceptors (Lipinski definition) is 16. The lowest BCUT2D eigenvalue weighted by Gasteiger charge is -2.44. The quantitative estimate of drug-likeness (QED) is 0.0335. The van der Waals surface area contributed by atoms with Gasteiger partial charge in [-0.3, -0.25) is 63.0 Å². The highest BCUT2D eigenvalue weighted by Gasteiger charge is 2.44. The van der Waals surface area contributed by atoms with Gasteiger partial charge in [0.1, 0.15) is 30.9 Å². The Labute approximate surface area is 853 Å². The number of benzene rings is 5. The number of piperidine rings is 1. The highest BCUT2D eigenvalue weighted by Crippen LogP contribution is 2.49.